The van der Waals surface area contributed by atoms with Crippen molar-refractivity contribution in [1.82, 2.24) is 5.32 Å². The first kappa shape index (κ1) is 16.5. The van der Waals surface area contributed by atoms with Crippen molar-refractivity contribution in [2.24, 2.45) is 0 Å². The van der Waals surface area contributed by atoms with Crippen LogP contribution in [0.4, 0.5) is 4.39 Å². The van der Waals surface area contributed by atoms with Crippen LogP contribution in [-0.4, -0.2) is 23.0 Å². The molecule has 1 aromatic carbocycles. The van der Waals surface area contributed by atoms with Gasteiger partial charge in [-0.2, -0.15) is 0 Å². The fourth-order valence-electron chi connectivity index (χ4n) is 3.22. The monoisotopic (exact) mass is 307 g/mol. The van der Waals surface area contributed by atoms with Crippen molar-refractivity contribution in [3.63, 3.8) is 0 Å². The van der Waals surface area contributed by atoms with E-state index in [2.05, 4.69) is 5.32 Å². The Hall–Kier alpha value is -1.91. The summed E-state index contributed by atoms with van der Waals surface area (Å²) in [5.74, 6) is -1.71. The molecule has 1 fully saturated rings. The number of halogens is 1. The first-order chi connectivity index (χ1) is 10.5. The van der Waals surface area contributed by atoms with E-state index in [0.29, 0.717) is 24.8 Å². The Morgan fingerprint density at radius 2 is 2.00 bits per heavy atom. The van der Waals surface area contributed by atoms with Gasteiger partial charge >= 0.3 is 5.97 Å². The van der Waals surface area contributed by atoms with Gasteiger partial charge in [-0.15, -0.1) is 0 Å². The van der Waals surface area contributed by atoms with Crippen LogP contribution in [0.1, 0.15) is 51.0 Å². The van der Waals surface area contributed by atoms with E-state index in [4.69, 9.17) is 5.11 Å². The van der Waals surface area contributed by atoms with Crippen LogP contribution in [0.25, 0.3) is 0 Å². The van der Waals surface area contributed by atoms with Crippen molar-refractivity contribution < 1.29 is 19.1 Å². The Balaban J connectivity index is 2.33. The van der Waals surface area contributed by atoms with Crippen LogP contribution in [0.2, 0.25) is 0 Å². The van der Waals surface area contributed by atoms with Crippen molar-refractivity contribution >= 4 is 11.9 Å². The number of carbonyl (C=O) groups excluding carboxylic acids is 1. The minimum atomic E-state index is -1.04. The molecule has 1 atom stereocenters. The van der Waals surface area contributed by atoms with Gasteiger partial charge in [0.05, 0.1) is 5.41 Å². The van der Waals surface area contributed by atoms with Gasteiger partial charge in [-0.25, -0.2) is 9.18 Å². The molecule has 1 aliphatic carbocycles. The van der Waals surface area contributed by atoms with E-state index in [9.17, 15) is 14.0 Å². The normalized spacial score (nSPS) is 18.5. The van der Waals surface area contributed by atoms with Gasteiger partial charge in [0.15, 0.2) is 0 Å². The van der Waals surface area contributed by atoms with E-state index in [0.717, 1.165) is 19.3 Å². The molecular weight excluding hydrogens is 285 g/mol. The molecule has 1 aromatic rings. The molecule has 0 aromatic heterocycles. The molecule has 1 aliphatic rings. The lowest BCUT2D eigenvalue weighted by molar-refractivity contribution is -0.143. The van der Waals surface area contributed by atoms with E-state index in [1.165, 1.54) is 12.1 Å². The fraction of sp³-hybridized carbons (Fsp3) is 0.529. The molecule has 0 radical (unpaired) electrons. The van der Waals surface area contributed by atoms with Crippen LogP contribution in [0.5, 0.6) is 0 Å². The summed E-state index contributed by atoms with van der Waals surface area (Å²) in [6.07, 6.45) is 4.37. The van der Waals surface area contributed by atoms with Crippen LogP contribution in [-0.2, 0) is 15.0 Å². The summed E-state index contributed by atoms with van der Waals surface area (Å²) in [5, 5.41) is 11.8. The predicted octanol–water partition coefficient (Wildman–Crippen LogP) is 3.01. The van der Waals surface area contributed by atoms with Gasteiger partial charge in [0.2, 0.25) is 5.91 Å². The third-order valence-corrected chi connectivity index (χ3v) is 4.53. The van der Waals surface area contributed by atoms with E-state index >= 15 is 0 Å². The number of carboxylic acid groups (broad SMARTS) is 1. The summed E-state index contributed by atoms with van der Waals surface area (Å²) in [5.41, 5.74) is -0.173. The first-order valence-electron chi connectivity index (χ1n) is 7.79. The predicted molar refractivity (Wildman–Crippen MR) is 81.0 cm³/mol. The zero-order valence-corrected chi connectivity index (χ0v) is 12.8. The Bertz CT molecular complexity index is 553. The zero-order valence-electron chi connectivity index (χ0n) is 12.8. The largest absolute Gasteiger partial charge is 0.480 e. The number of hydrogen-bond acceptors (Lipinski definition) is 2. The molecule has 1 saturated carbocycles. The molecule has 0 bridgehead atoms. The van der Waals surface area contributed by atoms with Gasteiger partial charge in [-0.05, 0) is 37.0 Å². The van der Waals surface area contributed by atoms with Gasteiger partial charge in [0.1, 0.15) is 11.9 Å². The van der Waals surface area contributed by atoms with Crippen LogP contribution >= 0.6 is 0 Å². The molecular formula is C17H22FNO3. The van der Waals surface area contributed by atoms with Gasteiger partial charge < -0.3 is 10.4 Å². The highest BCUT2D eigenvalue weighted by Gasteiger charge is 2.42. The molecule has 0 heterocycles. The molecule has 1 unspecified atom stereocenters. The number of aliphatic carboxylic acids is 1. The Morgan fingerprint density at radius 3 is 2.55 bits per heavy atom. The topological polar surface area (TPSA) is 66.4 Å². The molecule has 0 aliphatic heterocycles. The van der Waals surface area contributed by atoms with Crippen molar-refractivity contribution in [3.05, 3.63) is 35.6 Å². The summed E-state index contributed by atoms with van der Waals surface area (Å²) in [4.78, 5) is 24.0. The molecule has 0 saturated heterocycles. The number of carbonyl (C=O) groups is 2. The lowest BCUT2D eigenvalue weighted by atomic mass is 9.68. The summed E-state index contributed by atoms with van der Waals surface area (Å²) in [6.45, 7) is 1.72. The highest BCUT2D eigenvalue weighted by Crippen LogP contribution is 2.40. The molecule has 4 nitrogen and oxygen atoms in total. The molecule has 120 valence electrons. The lowest BCUT2D eigenvalue weighted by Crippen LogP contribution is -2.51. The Kier molecular flexibility index (Phi) is 5.16. The summed E-state index contributed by atoms with van der Waals surface area (Å²) in [7, 11) is 0. The van der Waals surface area contributed by atoms with Crippen LogP contribution < -0.4 is 5.32 Å². The summed E-state index contributed by atoms with van der Waals surface area (Å²) in [6, 6.07) is 5.20. The van der Waals surface area contributed by atoms with E-state index in [1.54, 1.807) is 19.1 Å². The number of benzene rings is 1. The third kappa shape index (κ3) is 3.29. The number of carboxylic acids is 1. The second-order valence-electron chi connectivity index (χ2n) is 5.93. The number of hydrogen-bond donors (Lipinski definition) is 2. The SMILES string of the molecule is CCC(NC(=O)C1(c2cccc(F)c2)CCCCC1)C(=O)O. The standard InChI is InChI=1S/C17H22FNO3/c1-2-14(15(20)21)19-16(22)17(9-4-3-5-10-17)12-7-6-8-13(18)11-12/h6-8,11,14H,2-5,9-10H2,1H3,(H,19,22)(H,20,21). The molecule has 2 N–H and O–H groups in total. The van der Waals surface area contributed by atoms with Crippen molar-refractivity contribution in [2.75, 3.05) is 0 Å². The fourth-order valence-corrected chi connectivity index (χ4v) is 3.22. The van der Waals surface area contributed by atoms with Crippen molar-refractivity contribution in [3.8, 4) is 0 Å². The minimum absolute atomic E-state index is 0.299. The minimum Gasteiger partial charge on any atom is -0.480 e. The van der Waals surface area contributed by atoms with E-state index < -0.39 is 17.4 Å². The number of rotatable bonds is 5. The van der Waals surface area contributed by atoms with Crippen molar-refractivity contribution in [2.45, 2.75) is 56.9 Å². The maximum Gasteiger partial charge on any atom is 0.326 e. The second-order valence-corrected chi connectivity index (χ2v) is 5.93. The molecule has 0 spiro atoms. The summed E-state index contributed by atoms with van der Waals surface area (Å²) >= 11 is 0. The highest BCUT2D eigenvalue weighted by molar-refractivity contribution is 5.91. The zero-order chi connectivity index (χ0) is 16.2. The van der Waals surface area contributed by atoms with Crippen molar-refractivity contribution in [1.29, 1.82) is 0 Å². The van der Waals surface area contributed by atoms with E-state index in [1.807, 2.05) is 0 Å². The molecule has 2 rings (SSSR count). The maximum atomic E-state index is 13.6. The average Bonchev–Trinajstić information content (AvgIpc) is 2.52. The average molecular weight is 307 g/mol. The quantitative estimate of drug-likeness (QED) is 0.879. The number of amides is 1. The first-order valence-corrected chi connectivity index (χ1v) is 7.79. The summed E-state index contributed by atoms with van der Waals surface area (Å²) < 4.78 is 13.6. The highest BCUT2D eigenvalue weighted by atomic mass is 19.1. The Labute approximate surface area is 129 Å². The van der Waals surface area contributed by atoms with Gasteiger partial charge in [0, 0.05) is 0 Å². The smallest absolute Gasteiger partial charge is 0.326 e. The molecule has 5 heteroatoms. The molecule has 22 heavy (non-hydrogen) atoms. The molecule has 1 amide bonds. The van der Waals surface area contributed by atoms with Gasteiger partial charge in [-0.3, -0.25) is 4.79 Å². The third-order valence-electron chi connectivity index (χ3n) is 4.53. The number of nitrogens with one attached hydrogen (secondary N) is 1. The van der Waals surface area contributed by atoms with Gasteiger partial charge in [-0.1, -0.05) is 38.3 Å². The lowest BCUT2D eigenvalue weighted by Gasteiger charge is -2.37. The van der Waals surface area contributed by atoms with Crippen LogP contribution in [0.15, 0.2) is 24.3 Å². The second kappa shape index (κ2) is 6.90. The van der Waals surface area contributed by atoms with Crippen LogP contribution in [0, 0.1) is 5.82 Å². The van der Waals surface area contributed by atoms with Gasteiger partial charge in [0.25, 0.3) is 0 Å². The van der Waals surface area contributed by atoms with E-state index in [-0.39, 0.29) is 11.7 Å². The van der Waals surface area contributed by atoms with Crippen LogP contribution in [0.3, 0.4) is 0 Å². The Morgan fingerprint density at radius 1 is 1.32 bits per heavy atom. The maximum absolute atomic E-state index is 13.6.